The molecule has 1 aliphatic heterocycles. The molecule has 1 amide bonds. The quantitative estimate of drug-likeness (QED) is 0.840. The molecule has 0 saturated carbocycles. The fourth-order valence-electron chi connectivity index (χ4n) is 3.15. The predicted molar refractivity (Wildman–Crippen MR) is 83.4 cm³/mol. The molecule has 3 rings (SSSR count). The molecule has 1 fully saturated rings. The summed E-state index contributed by atoms with van der Waals surface area (Å²) in [6.45, 7) is 0.986. The lowest BCUT2D eigenvalue weighted by atomic mass is 9.97. The molecule has 0 aliphatic carbocycles. The van der Waals surface area contributed by atoms with Gasteiger partial charge in [0, 0.05) is 19.5 Å². The van der Waals surface area contributed by atoms with E-state index in [1.807, 2.05) is 0 Å². The van der Waals surface area contributed by atoms with Crippen molar-refractivity contribution in [2.24, 2.45) is 0 Å². The first-order valence-electron chi connectivity index (χ1n) is 7.77. The summed E-state index contributed by atoms with van der Waals surface area (Å²) < 4.78 is 53.3. The van der Waals surface area contributed by atoms with Gasteiger partial charge in [0.15, 0.2) is 0 Å². The number of anilines is 1. The van der Waals surface area contributed by atoms with E-state index in [-0.39, 0.29) is 30.6 Å². The van der Waals surface area contributed by atoms with Crippen LogP contribution in [-0.2, 0) is 4.79 Å². The molecule has 1 aromatic carbocycles. The Morgan fingerprint density at radius 3 is 2.72 bits per heavy atom. The number of amides is 1. The molecule has 5 nitrogen and oxygen atoms in total. The molecule has 2 aromatic rings. The van der Waals surface area contributed by atoms with Crippen LogP contribution in [0.5, 0.6) is 0 Å². The zero-order valence-electron chi connectivity index (χ0n) is 13.3. The van der Waals surface area contributed by atoms with Crippen LogP contribution in [0.3, 0.4) is 0 Å². The standard InChI is InChI=1S/C16H16F4N4O/c1-9(25)24-7-10(5-6-13(24)16(18,19)20)23-15-14-11(17)3-2-4-12(14)21-8-22-15/h2-4,8,10,13H,5-7H2,1H3,(H,21,22,23). The zero-order chi connectivity index (χ0) is 18.2. The second-order valence-electron chi connectivity index (χ2n) is 6.00. The fourth-order valence-corrected chi connectivity index (χ4v) is 3.15. The van der Waals surface area contributed by atoms with Crippen molar-refractivity contribution in [3.8, 4) is 0 Å². The van der Waals surface area contributed by atoms with Gasteiger partial charge >= 0.3 is 6.18 Å². The van der Waals surface area contributed by atoms with Gasteiger partial charge < -0.3 is 10.2 Å². The van der Waals surface area contributed by atoms with Crippen molar-refractivity contribution in [1.29, 1.82) is 0 Å². The molecule has 1 N–H and O–H groups in total. The molecule has 2 atom stereocenters. The summed E-state index contributed by atoms with van der Waals surface area (Å²) in [5.41, 5.74) is 0.393. The van der Waals surface area contributed by atoms with E-state index in [9.17, 15) is 22.4 Å². The minimum Gasteiger partial charge on any atom is -0.365 e. The molecule has 0 radical (unpaired) electrons. The summed E-state index contributed by atoms with van der Waals surface area (Å²) in [5.74, 6) is -0.956. The molecule has 134 valence electrons. The summed E-state index contributed by atoms with van der Waals surface area (Å²) in [4.78, 5) is 20.4. The van der Waals surface area contributed by atoms with Gasteiger partial charge in [-0.15, -0.1) is 0 Å². The average molecular weight is 356 g/mol. The summed E-state index contributed by atoms with van der Waals surface area (Å²) in [7, 11) is 0. The monoisotopic (exact) mass is 356 g/mol. The van der Waals surface area contributed by atoms with Crippen molar-refractivity contribution < 1.29 is 22.4 Å². The van der Waals surface area contributed by atoms with Gasteiger partial charge in [-0.1, -0.05) is 6.07 Å². The Labute approximate surface area is 141 Å². The molecule has 25 heavy (non-hydrogen) atoms. The highest BCUT2D eigenvalue weighted by Crippen LogP contribution is 2.33. The number of likely N-dealkylation sites (tertiary alicyclic amines) is 1. The van der Waals surface area contributed by atoms with Crippen molar-refractivity contribution >= 4 is 22.6 Å². The van der Waals surface area contributed by atoms with Crippen LogP contribution in [0.15, 0.2) is 24.5 Å². The number of alkyl halides is 3. The number of benzene rings is 1. The molecular weight excluding hydrogens is 340 g/mol. The Balaban J connectivity index is 1.84. The summed E-state index contributed by atoms with van der Waals surface area (Å²) >= 11 is 0. The first-order valence-corrected chi connectivity index (χ1v) is 7.77. The molecule has 1 aromatic heterocycles. The number of hydrogen-bond donors (Lipinski definition) is 1. The number of hydrogen-bond acceptors (Lipinski definition) is 4. The van der Waals surface area contributed by atoms with Crippen LogP contribution in [0.25, 0.3) is 10.9 Å². The van der Waals surface area contributed by atoms with Gasteiger partial charge in [0.25, 0.3) is 0 Å². The highest BCUT2D eigenvalue weighted by atomic mass is 19.4. The minimum atomic E-state index is -4.47. The number of rotatable bonds is 2. The average Bonchev–Trinajstić information content (AvgIpc) is 2.54. The molecule has 9 heteroatoms. The summed E-state index contributed by atoms with van der Waals surface area (Å²) in [6, 6.07) is 2.15. The number of fused-ring (bicyclic) bond motifs is 1. The van der Waals surface area contributed by atoms with Gasteiger partial charge in [0.2, 0.25) is 5.91 Å². The zero-order valence-corrected chi connectivity index (χ0v) is 13.3. The number of aromatic nitrogens is 2. The molecule has 1 aliphatic rings. The molecular formula is C16H16F4N4O. The summed E-state index contributed by atoms with van der Waals surface area (Å²) in [5, 5.41) is 3.15. The number of carbonyl (C=O) groups is 1. The van der Waals surface area contributed by atoms with E-state index in [4.69, 9.17) is 0 Å². The minimum absolute atomic E-state index is 0.126. The van der Waals surface area contributed by atoms with Crippen molar-refractivity contribution in [1.82, 2.24) is 14.9 Å². The normalized spacial score (nSPS) is 21.4. The Kier molecular flexibility index (Phi) is 4.49. The van der Waals surface area contributed by atoms with Gasteiger partial charge in [-0.05, 0) is 25.0 Å². The summed E-state index contributed by atoms with van der Waals surface area (Å²) in [6.07, 6.45) is -3.24. The van der Waals surface area contributed by atoms with E-state index in [0.29, 0.717) is 5.52 Å². The van der Waals surface area contributed by atoms with Crippen LogP contribution < -0.4 is 5.32 Å². The van der Waals surface area contributed by atoms with Crippen molar-refractivity contribution in [3.63, 3.8) is 0 Å². The van der Waals surface area contributed by atoms with E-state index in [1.165, 1.54) is 18.5 Å². The third-order valence-electron chi connectivity index (χ3n) is 4.32. The third kappa shape index (κ3) is 3.49. The van der Waals surface area contributed by atoms with Crippen LogP contribution in [-0.4, -0.2) is 45.6 Å². The van der Waals surface area contributed by atoms with E-state index in [0.717, 1.165) is 11.8 Å². The lowest BCUT2D eigenvalue weighted by Crippen LogP contribution is -2.55. The van der Waals surface area contributed by atoms with Gasteiger partial charge in [-0.25, -0.2) is 14.4 Å². The van der Waals surface area contributed by atoms with Crippen LogP contribution in [0.4, 0.5) is 23.4 Å². The van der Waals surface area contributed by atoms with Gasteiger partial charge in [0.05, 0.1) is 10.9 Å². The number of halogens is 4. The lowest BCUT2D eigenvalue weighted by Gasteiger charge is -2.40. The van der Waals surface area contributed by atoms with Crippen LogP contribution >= 0.6 is 0 Å². The van der Waals surface area contributed by atoms with Crippen LogP contribution in [0.2, 0.25) is 0 Å². The number of nitrogens with zero attached hydrogens (tertiary/aromatic N) is 3. The maximum atomic E-state index is 14.1. The number of nitrogens with one attached hydrogen (secondary N) is 1. The first-order chi connectivity index (χ1) is 11.8. The second kappa shape index (κ2) is 6.45. The third-order valence-corrected chi connectivity index (χ3v) is 4.32. The van der Waals surface area contributed by atoms with Crippen LogP contribution in [0.1, 0.15) is 19.8 Å². The molecule has 0 bridgehead atoms. The molecule has 2 unspecified atom stereocenters. The largest absolute Gasteiger partial charge is 0.408 e. The SMILES string of the molecule is CC(=O)N1CC(Nc2ncnc3cccc(F)c23)CCC1C(F)(F)F. The molecule has 1 saturated heterocycles. The Hall–Kier alpha value is -2.45. The second-order valence-corrected chi connectivity index (χ2v) is 6.00. The van der Waals surface area contributed by atoms with Crippen LogP contribution in [0, 0.1) is 5.82 Å². The van der Waals surface area contributed by atoms with E-state index >= 15 is 0 Å². The van der Waals surface area contributed by atoms with Gasteiger partial charge in [-0.3, -0.25) is 4.79 Å². The van der Waals surface area contributed by atoms with Crippen molar-refractivity contribution in [3.05, 3.63) is 30.3 Å². The van der Waals surface area contributed by atoms with Gasteiger partial charge in [-0.2, -0.15) is 13.2 Å². The molecule has 2 heterocycles. The highest BCUT2D eigenvalue weighted by Gasteiger charge is 2.47. The number of piperidine rings is 1. The van der Waals surface area contributed by atoms with E-state index in [2.05, 4.69) is 15.3 Å². The Bertz CT molecular complexity index is 790. The lowest BCUT2D eigenvalue weighted by molar-refractivity contribution is -0.195. The Morgan fingerprint density at radius 2 is 2.04 bits per heavy atom. The smallest absolute Gasteiger partial charge is 0.365 e. The fraction of sp³-hybridized carbons (Fsp3) is 0.438. The maximum Gasteiger partial charge on any atom is 0.408 e. The number of carbonyl (C=O) groups excluding carboxylic acids is 1. The van der Waals surface area contributed by atoms with Crippen molar-refractivity contribution in [2.75, 3.05) is 11.9 Å². The maximum absolute atomic E-state index is 14.1. The van der Waals surface area contributed by atoms with E-state index in [1.54, 1.807) is 6.07 Å². The predicted octanol–water partition coefficient (Wildman–Crippen LogP) is 3.12. The molecule has 0 spiro atoms. The first kappa shape index (κ1) is 17.4. The topological polar surface area (TPSA) is 58.1 Å². The van der Waals surface area contributed by atoms with E-state index < -0.39 is 30.0 Å². The highest BCUT2D eigenvalue weighted by molar-refractivity contribution is 5.89. The van der Waals surface area contributed by atoms with Crippen molar-refractivity contribution in [2.45, 2.75) is 38.0 Å². The van der Waals surface area contributed by atoms with Gasteiger partial charge in [0.1, 0.15) is 24.0 Å². The Morgan fingerprint density at radius 1 is 1.28 bits per heavy atom.